The number of carbonyl (C=O) groups is 1. The molecule has 1 atom stereocenters. The predicted molar refractivity (Wildman–Crippen MR) is 70.1 cm³/mol. The van der Waals surface area contributed by atoms with Gasteiger partial charge in [0.2, 0.25) is 0 Å². The van der Waals surface area contributed by atoms with Crippen LogP contribution in [-0.4, -0.2) is 35.5 Å². The highest BCUT2D eigenvalue weighted by Gasteiger charge is 2.30. The Hall–Kier alpha value is -1.80. The molecule has 1 saturated heterocycles. The lowest BCUT2D eigenvalue weighted by molar-refractivity contribution is -0.149. The summed E-state index contributed by atoms with van der Waals surface area (Å²) in [6.07, 6.45) is 3.35. The number of ether oxygens (including phenoxy) is 1. The Bertz CT molecular complexity index is 442. The van der Waals surface area contributed by atoms with E-state index in [1.165, 1.54) is 0 Å². The minimum atomic E-state index is -0.252. The van der Waals surface area contributed by atoms with Gasteiger partial charge in [-0.1, -0.05) is 0 Å². The molecule has 0 aromatic carbocycles. The predicted octanol–water partition coefficient (Wildman–Crippen LogP) is 1.85. The van der Waals surface area contributed by atoms with Crippen molar-refractivity contribution in [1.29, 1.82) is 5.26 Å². The standard InChI is InChI=1S/C14H19N3O2/c1-2-19-14(18)11-5-8-17(9-6-11)13(10-15)12-4-3-7-16-12/h3-4,7,11,13,16H,2,5-6,8-9H2,1H3. The number of H-pyrrole nitrogens is 1. The quantitative estimate of drug-likeness (QED) is 0.840. The Morgan fingerprint density at radius 1 is 1.63 bits per heavy atom. The van der Waals surface area contributed by atoms with Crippen molar-refractivity contribution in [2.45, 2.75) is 25.8 Å². The van der Waals surface area contributed by atoms with Gasteiger partial charge in [0.15, 0.2) is 0 Å². The fourth-order valence-electron chi connectivity index (χ4n) is 2.52. The molecule has 0 saturated carbocycles. The summed E-state index contributed by atoms with van der Waals surface area (Å²) < 4.78 is 5.05. The molecule has 1 N–H and O–H groups in total. The summed E-state index contributed by atoms with van der Waals surface area (Å²) >= 11 is 0. The number of likely N-dealkylation sites (tertiary alicyclic amines) is 1. The summed E-state index contributed by atoms with van der Waals surface area (Å²) in [6, 6.07) is 5.89. The van der Waals surface area contributed by atoms with E-state index in [0.29, 0.717) is 6.61 Å². The number of hydrogen-bond donors (Lipinski definition) is 1. The molecule has 2 heterocycles. The van der Waals surface area contributed by atoms with Crippen LogP contribution in [0.1, 0.15) is 31.5 Å². The number of nitriles is 1. The Morgan fingerprint density at radius 3 is 2.89 bits per heavy atom. The topological polar surface area (TPSA) is 69.1 Å². The van der Waals surface area contributed by atoms with Gasteiger partial charge in [-0.2, -0.15) is 5.26 Å². The second-order valence-corrected chi connectivity index (χ2v) is 4.72. The third kappa shape index (κ3) is 3.15. The molecule has 0 aliphatic carbocycles. The van der Waals surface area contributed by atoms with Gasteiger partial charge in [-0.25, -0.2) is 0 Å². The highest BCUT2D eigenvalue weighted by molar-refractivity contribution is 5.72. The smallest absolute Gasteiger partial charge is 0.309 e. The molecule has 19 heavy (non-hydrogen) atoms. The van der Waals surface area contributed by atoms with E-state index in [1.54, 1.807) is 0 Å². The summed E-state index contributed by atoms with van der Waals surface area (Å²) in [6.45, 7) is 3.76. The second-order valence-electron chi connectivity index (χ2n) is 4.72. The number of aromatic nitrogens is 1. The van der Waals surface area contributed by atoms with Crippen LogP contribution >= 0.6 is 0 Å². The molecule has 0 radical (unpaired) electrons. The van der Waals surface area contributed by atoms with Crippen molar-refractivity contribution in [3.63, 3.8) is 0 Å². The minimum absolute atomic E-state index is 0.0146. The van der Waals surface area contributed by atoms with Crippen LogP contribution in [0.3, 0.4) is 0 Å². The zero-order valence-electron chi connectivity index (χ0n) is 11.1. The van der Waals surface area contributed by atoms with Gasteiger partial charge in [0.05, 0.1) is 18.6 Å². The van der Waals surface area contributed by atoms with Gasteiger partial charge >= 0.3 is 5.97 Å². The van der Waals surface area contributed by atoms with Crippen LogP contribution in [0.5, 0.6) is 0 Å². The molecule has 0 spiro atoms. The Morgan fingerprint density at radius 2 is 2.37 bits per heavy atom. The second kappa shape index (κ2) is 6.39. The summed E-state index contributed by atoms with van der Waals surface area (Å²) in [7, 11) is 0. The molecule has 5 nitrogen and oxygen atoms in total. The van der Waals surface area contributed by atoms with E-state index in [9.17, 15) is 10.1 Å². The minimum Gasteiger partial charge on any atom is -0.466 e. The highest BCUT2D eigenvalue weighted by Crippen LogP contribution is 2.26. The molecular formula is C14H19N3O2. The molecule has 1 aliphatic heterocycles. The molecule has 1 fully saturated rings. The first-order valence-electron chi connectivity index (χ1n) is 6.69. The fourth-order valence-corrected chi connectivity index (χ4v) is 2.52. The van der Waals surface area contributed by atoms with Crippen LogP contribution in [0.15, 0.2) is 18.3 Å². The third-order valence-corrected chi connectivity index (χ3v) is 3.55. The van der Waals surface area contributed by atoms with Crippen LogP contribution in [-0.2, 0) is 9.53 Å². The number of rotatable bonds is 4. The number of esters is 1. The third-order valence-electron chi connectivity index (χ3n) is 3.55. The van der Waals surface area contributed by atoms with E-state index in [4.69, 9.17) is 4.74 Å². The molecule has 2 rings (SSSR count). The van der Waals surface area contributed by atoms with Crippen LogP contribution in [0.4, 0.5) is 0 Å². The average molecular weight is 261 g/mol. The molecule has 1 aromatic heterocycles. The van der Waals surface area contributed by atoms with E-state index >= 15 is 0 Å². The van der Waals surface area contributed by atoms with Crippen LogP contribution in [0.25, 0.3) is 0 Å². The van der Waals surface area contributed by atoms with E-state index in [0.717, 1.165) is 31.6 Å². The van der Waals surface area contributed by atoms with Crippen LogP contribution < -0.4 is 0 Å². The Kier molecular flexibility index (Phi) is 4.58. The number of piperidine rings is 1. The van der Waals surface area contributed by atoms with Gasteiger partial charge in [0.25, 0.3) is 0 Å². The van der Waals surface area contributed by atoms with Crippen molar-refractivity contribution in [3.05, 3.63) is 24.0 Å². The van der Waals surface area contributed by atoms with Gasteiger partial charge in [-0.3, -0.25) is 9.69 Å². The van der Waals surface area contributed by atoms with Gasteiger partial charge in [0.1, 0.15) is 6.04 Å². The van der Waals surface area contributed by atoms with Gasteiger partial charge < -0.3 is 9.72 Å². The number of nitrogens with zero attached hydrogens (tertiary/aromatic N) is 2. The lowest BCUT2D eigenvalue weighted by atomic mass is 9.95. The lowest BCUT2D eigenvalue weighted by Gasteiger charge is -2.33. The molecule has 0 bridgehead atoms. The van der Waals surface area contributed by atoms with Crippen LogP contribution in [0, 0.1) is 17.2 Å². The molecule has 1 unspecified atom stereocenters. The monoisotopic (exact) mass is 261 g/mol. The van der Waals surface area contributed by atoms with Crippen molar-refractivity contribution in [2.24, 2.45) is 5.92 Å². The summed E-state index contributed by atoms with van der Waals surface area (Å²) in [5, 5.41) is 9.31. The zero-order valence-corrected chi connectivity index (χ0v) is 11.1. The van der Waals surface area contributed by atoms with E-state index < -0.39 is 0 Å². The molecular weight excluding hydrogens is 242 g/mol. The Labute approximate surface area is 113 Å². The fraction of sp³-hybridized carbons (Fsp3) is 0.571. The van der Waals surface area contributed by atoms with Crippen molar-refractivity contribution < 1.29 is 9.53 Å². The van der Waals surface area contributed by atoms with Crippen molar-refractivity contribution in [1.82, 2.24) is 9.88 Å². The largest absolute Gasteiger partial charge is 0.466 e. The maximum absolute atomic E-state index is 11.7. The van der Waals surface area contributed by atoms with E-state index in [2.05, 4.69) is 16.0 Å². The number of hydrogen-bond acceptors (Lipinski definition) is 4. The van der Waals surface area contributed by atoms with Crippen LogP contribution in [0.2, 0.25) is 0 Å². The van der Waals surface area contributed by atoms with Gasteiger partial charge in [0, 0.05) is 25.0 Å². The first-order valence-corrected chi connectivity index (χ1v) is 6.69. The molecule has 1 aliphatic rings. The summed E-state index contributed by atoms with van der Waals surface area (Å²) in [5.41, 5.74) is 0.914. The number of carbonyl (C=O) groups excluding carboxylic acids is 1. The number of aromatic amines is 1. The van der Waals surface area contributed by atoms with Crippen molar-refractivity contribution in [3.8, 4) is 6.07 Å². The van der Waals surface area contributed by atoms with Crippen molar-refractivity contribution in [2.75, 3.05) is 19.7 Å². The zero-order chi connectivity index (χ0) is 13.7. The van der Waals surface area contributed by atoms with Gasteiger partial charge in [-0.15, -0.1) is 0 Å². The molecule has 102 valence electrons. The van der Waals surface area contributed by atoms with E-state index in [1.807, 2.05) is 25.3 Å². The molecule has 1 aromatic rings. The van der Waals surface area contributed by atoms with Crippen molar-refractivity contribution >= 4 is 5.97 Å². The SMILES string of the molecule is CCOC(=O)C1CCN(C(C#N)c2ccc[nH]2)CC1. The Balaban J connectivity index is 1.92. The van der Waals surface area contributed by atoms with E-state index in [-0.39, 0.29) is 17.9 Å². The number of nitrogens with one attached hydrogen (secondary N) is 1. The molecule has 0 amide bonds. The average Bonchev–Trinajstić information content (AvgIpc) is 2.95. The first kappa shape index (κ1) is 13.6. The van der Waals surface area contributed by atoms with Gasteiger partial charge in [-0.05, 0) is 31.9 Å². The normalized spacial score (nSPS) is 18.7. The maximum Gasteiger partial charge on any atom is 0.309 e. The highest BCUT2D eigenvalue weighted by atomic mass is 16.5. The lowest BCUT2D eigenvalue weighted by Crippen LogP contribution is -2.39. The summed E-state index contributed by atoms with van der Waals surface area (Å²) in [4.78, 5) is 16.9. The maximum atomic E-state index is 11.7. The molecule has 5 heteroatoms. The summed E-state index contributed by atoms with van der Waals surface area (Å²) in [5.74, 6) is -0.116. The first-order chi connectivity index (χ1) is 9.26.